The van der Waals surface area contributed by atoms with Gasteiger partial charge in [0.1, 0.15) is 5.54 Å². The molecule has 1 N–H and O–H groups in total. The smallest absolute Gasteiger partial charge is 0.269 e. The van der Waals surface area contributed by atoms with Crippen molar-refractivity contribution in [1.82, 2.24) is 4.90 Å². The molecule has 0 radical (unpaired) electrons. The van der Waals surface area contributed by atoms with E-state index < -0.39 is 28.2 Å². The predicted octanol–water partition coefficient (Wildman–Crippen LogP) is 3.10. The van der Waals surface area contributed by atoms with E-state index in [2.05, 4.69) is 26.1 Å². The fraction of sp³-hybridized carbons (Fsp3) is 0.348. The highest BCUT2D eigenvalue weighted by Crippen LogP contribution is 2.61. The van der Waals surface area contributed by atoms with Crippen molar-refractivity contribution in [3.05, 3.63) is 62.1 Å². The number of imide groups is 1. The van der Waals surface area contributed by atoms with E-state index in [9.17, 15) is 24.5 Å². The van der Waals surface area contributed by atoms with Gasteiger partial charge in [0.15, 0.2) is 0 Å². The number of halogens is 1. The largest absolute Gasteiger partial charge is 0.324 e. The van der Waals surface area contributed by atoms with Crippen molar-refractivity contribution in [1.29, 1.82) is 0 Å². The molecule has 4 aliphatic heterocycles. The summed E-state index contributed by atoms with van der Waals surface area (Å²) in [6.07, 6.45) is 1.57. The molecule has 0 aromatic heterocycles. The van der Waals surface area contributed by atoms with Gasteiger partial charge in [-0.2, -0.15) is 0 Å². The molecule has 9 nitrogen and oxygen atoms in total. The summed E-state index contributed by atoms with van der Waals surface area (Å²) in [5.74, 6) is -2.56. The molecule has 4 heterocycles. The van der Waals surface area contributed by atoms with Gasteiger partial charge in [-0.1, -0.05) is 15.9 Å². The van der Waals surface area contributed by atoms with Crippen LogP contribution in [0.2, 0.25) is 0 Å². The number of hydrogen-bond donors (Lipinski definition) is 1. The van der Waals surface area contributed by atoms with Crippen LogP contribution in [0.4, 0.5) is 17.1 Å². The fourth-order valence-electron chi connectivity index (χ4n) is 6.42. The zero-order valence-corrected chi connectivity index (χ0v) is 19.2. The molecule has 168 valence electrons. The number of carbonyl (C=O) groups is 3. The maximum atomic E-state index is 14.0. The van der Waals surface area contributed by atoms with Crippen LogP contribution in [0, 0.1) is 28.9 Å². The third-order valence-corrected chi connectivity index (χ3v) is 8.08. The quantitative estimate of drug-likeness (QED) is 0.377. The summed E-state index contributed by atoms with van der Waals surface area (Å²) in [6, 6.07) is 9.39. The number of rotatable bonds is 2. The number of non-ortho nitro benzene ring substituents is 1. The van der Waals surface area contributed by atoms with E-state index in [0.29, 0.717) is 29.0 Å². The number of nitrogens with zero attached hydrogens (tertiary/aromatic N) is 3. The number of nitro groups is 1. The Balaban J connectivity index is 1.53. The number of nitro benzene ring substituents is 1. The van der Waals surface area contributed by atoms with Crippen molar-refractivity contribution < 1.29 is 19.3 Å². The normalized spacial score (nSPS) is 30.1. The maximum absolute atomic E-state index is 14.0. The Morgan fingerprint density at radius 3 is 2.67 bits per heavy atom. The molecule has 0 bridgehead atoms. The van der Waals surface area contributed by atoms with Crippen molar-refractivity contribution in [2.24, 2.45) is 11.8 Å². The van der Waals surface area contributed by atoms with Gasteiger partial charge in [-0.05, 0) is 56.1 Å². The van der Waals surface area contributed by atoms with Crippen LogP contribution in [0.1, 0.15) is 24.0 Å². The molecule has 2 aromatic carbocycles. The summed E-state index contributed by atoms with van der Waals surface area (Å²) in [6.45, 7) is 2.28. The van der Waals surface area contributed by atoms with Crippen molar-refractivity contribution in [2.75, 3.05) is 16.8 Å². The van der Waals surface area contributed by atoms with Gasteiger partial charge in [-0.25, -0.2) is 4.90 Å². The van der Waals surface area contributed by atoms with Crippen molar-refractivity contribution >= 4 is 50.7 Å². The van der Waals surface area contributed by atoms with Gasteiger partial charge in [-0.3, -0.25) is 29.4 Å². The highest BCUT2D eigenvalue weighted by molar-refractivity contribution is 9.10. The maximum Gasteiger partial charge on any atom is 0.269 e. The van der Waals surface area contributed by atoms with Crippen LogP contribution in [0.25, 0.3) is 0 Å². The number of anilines is 2. The summed E-state index contributed by atoms with van der Waals surface area (Å²) in [4.78, 5) is 55.2. The second-order valence-electron chi connectivity index (χ2n) is 9.06. The summed E-state index contributed by atoms with van der Waals surface area (Å²) in [7, 11) is 0. The Morgan fingerprint density at radius 1 is 1.15 bits per heavy atom. The molecule has 0 unspecified atom stereocenters. The minimum Gasteiger partial charge on any atom is -0.324 e. The van der Waals surface area contributed by atoms with Crippen LogP contribution in [0.5, 0.6) is 0 Å². The van der Waals surface area contributed by atoms with Crippen LogP contribution in [-0.2, 0) is 19.9 Å². The molecule has 10 heteroatoms. The number of nitrogens with one attached hydrogen (secondary N) is 1. The third-order valence-electron chi connectivity index (χ3n) is 7.59. The van der Waals surface area contributed by atoms with E-state index in [-0.39, 0.29) is 23.5 Å². The van der Waals surface area contributed by atoms with Gasteiger partial charge in [-0.15, -0.1) is 0 Å². The van der Waals surface area contributed by atoms with Gasteiger partial charge < -0.3 is 5.32 Å². The lowest BCUT2D eigenvalue weighted by Gasteiger charge is -2.36. The van der Waals surface area contributed by atoms with Crippen LogP contribution < -0.4 is 10.2 Å². The lowest BCUT2D eigenvalue weighted by Crippen LogP contribution is -2.54. The summed E-state index contributed by atoms with van der Waals surface area (Å²) < 4.78 is 0.788. The standard InChI is InChI=1S/C23H19BrN4O5/c1-11-9-13(28(32)33)5-7-16(11)27-20(29)18-17-3-2-8-26(17)23(19(18)21(27)30)14-10-12(24)4-6-15(14)25-22(23)31/h4-7,9-10,17-19H,2-3,8H2,1H3,(H,25,31)/t17-,18+,19+,23-/m0/s1. The van der Waals surface area contributed by atoms with E-state index in [1.807, 2.05) is 18.2 Å². The highest BCUT2D eigenvalue weighted by atomic mass is 79.9. The average Bonchev–Trinajstić information content (AvgIpc) is 3.47. The second-order valence-corrected chi connectivity index (χ2v) is 9.97. The Morgan fingerprint density at radius 2 is 1.94 bits per heavy atom. The lowest BCUT2D eigenvalue weighted by molar-refractivity contribution is -0.384. The highest BCUT2D eigenvalue weighted by Gasteiger charge is 2.74. The van der Waals surface area contributed by atoms with Gasteiger partial charge in [0, 0.05) is 33.9 Å². The molecule has 33 heavy (non-hydrogen) atoms. The Labute approximate surface area is 197 Å². The van der Waals surface area contributed by atoms with Gasteiger partial charge in [0.25, 0.3) is 5.69 Å². The summed E-state index contributed by atoms with van der Waals surface area (Å²) in [5, 5.41) is 14.1. The molecule has 3 saturated heterocycles. The predicted molar refractivity (Wildman–Crippen MR) is 121 cm³/mol. The number of amides is 3. The molecule has 0 aliphatic carbocycles. The number of fused-ring (bicyclic) bond motifs is 7. The first-order valence-corrected chi connectivity index (χ1v) is 11.6. The molecule has 3 fully saturated rings. The lowest BCUT2D eigenvalue weighted by atomic mass is 9.75. The number of benzene rings is 2. The monoisotopic (exact) mass is 510 g/mol. The zero-order chi connectivity index (χ0) is 23.2. The van der Waals surface area contributed by atoms with Gasteiger partial charge >= 0.3 is 0 Å². The van der Waals surface area contributed by atoms with E-state index in [1.54, 1.807) is 6.92 Å². The van der Waals surface area contributed by atoms with Crippen LogP contribution in [-0.4, -0.2) is 40.1 Å². The van der Waals surface area contributed by atoms with E-state index in [0.717, 1.165) is 22.2 Å². The van der Waals surface area contributed by atoms with E-state index in [4.69, 9.17) is 0 Å². The molecule has 3 amide bonds. The van der Waals surface area contributed by atoms with Crippen LogP contribution >= 0.6 is 15.9 Å². The van der Waals surface area contributed by atoms with Crippen molar-refractivity contribution in [3.63, 3.8) is 0 Å². The van der Waals surface area contributed by atoms with Crippen LogP contribution in [0.15, 0.2) is 40.9 Å². The first-order chi connectivity index (χ1) is 15.8. The third kappa shape index (κ3) is 2.42. The second kappa shape index (κ2) is 6.71. The van der Waals surface area contributed by atoms with Crippen molar-refractivity contribution in [3.8, 4) is 0 Å². The Bertz CT molecular complexity index is 1300. The van der Waals surface area contributed by atoms with Crippen molar-refractivity contribution in [2.45, 2.75) is 31.3 Å². The molecule has 2 aromatic rings. The first-order valence-electron chi connectivity index (χ1n) is 10.8. The molecule has 4 aliphatic rings. The van der Waals surface area contributed by atoms with E-state index >= 15 is 0 Å². The average molecular weight is 511 g/mol. The summed E-state index contributed by atoms with van der Waals surface area (Å²) in [5.41, 5.74) is 0.799. The number of aryl methyl sites for hydroxylation is 1. The minimum absolute atomic E-state index is 0.108. The zero-order valence-electron chi connectivity index (χ0n) is 17.6. The summed E-state index contributed by atoms with van der Waals surface area (Å²) >= 11 is 3.49. The molecule has 0 saturated carbocycles. The fourth-order valence-corrected chi connectivity index (χ4v) is 6.78. The molecule has 6 rings (SSSR count). The Hall–Kier alpha value is -3.11. The SMILES string of the molecule is Cc1cc([N+](=O)[O-])ccc1N1C(=O)[C@@H]2[C@@H]3CCCN3[C@]3(C(=O)Nc4ccc(Br)cc43)[C@H]2C1=O. The minimum atomic E-state index is -1.25. The molecular weight excluding hydrogens is 492 g/mol. The molecule has 1 spiro atoms. The number of carbonyl (C=O) groups excluding carboxylic acids is 3. The van der Waals surface area contributed by atoms with E-state index in [1.165, 1.54) is 18.2 Å². The molecule has 4 atom stereocenters. The topological polar surface area (TPSA) is 113 Å². The van der Waals surface area contributed by atoms with Gasteiger partial charge in [0.05, 0.1) is 22.4 Å². The first kappa shape index (κ1) is 20.5. The Kier molecular flexibility index (Phi) is 4.16. The molecular formula is C23H19BrN4O5. The number of hydrogen-bond acceptors (Lipinski definition) is 6. The van der Waals surface area contributed by atoms with Crippen LogP contribution in [0.3, 0.4) is 0 Å². The van der Waals surface area contributed by atoms with Gasteiger partial charge in [0.2, 0.25) is 17.7 Å².